The van der Waals surface area contributed by atoms with Gasteiger partial charge in [-0.2, -0.15) is 0 Å². The van der Waals surface area contributed by atoms with Crippen LogP contribution in [0.3, 0.4) is 0 Å². The van der Waals surface area contributed by atoms with Crippen LogP contribution in [0.15, 0.2) is 18.2 Å². The molecule has 0 spiro atoms. The Morgan fingerprint density at radius 1 is 1.47 bits per heavy atom. The van der Waals surface area contributed by atoms with Crippen molar-refractivity contribution >= 4 is 17.1 Å². The molecule has 0 saturated carbocycles. The zero-order chi connectivity index (χ0) is 11.0. The van der Waals surface area contributed by atoms with Crippen LogP contribution < -0.4 is 16.4 Å². The molecule has 80 valence electrons. The van der Waals surface area contributed by atoms with Gasteiger partial charge in [0.15, 0.2) is 0 Å². The number of anilines is 2. The van der Waals surface area contributed by atoms with Gasteiger partial charge in [0.05, 0.1) is 4.92 Å². The molecule has 0 bridgehead atoms. The lowest BCUT2D eigenvalue weighted by Gasteiger charge is -2.38. The van der Waals surface area contributed by atoms with E-state index in [0.717, 1.165) is 18.8 Å². The number of nitrogens with zero attached hydrogens (tertiary/aromatic N) is 2. The summed E-state index contributed by atoms with van der Waals surface area (Å²) in [5.41, 5.74) is 12.2. The van der Waals surface area contributed by atoms with Gasteiger partial charge < -0.3 is 16.4 Å². The molecule has 1 aromatic carbocycles. The normalized spacial score (nSPS) is 16.2. The Balaban J connectivity index is 2.22. The minimum absolute atomic E-state index is 0.0522. The predicted molar refractivity (Wildman–Crippen MR) is 57.7 cm³/mol. The number of nitrogens with two attached hydrogens (primary N) is 2. The highest BCUT2D eigenvalue weighted by Crippen LogP contribution is 2.28. The fourth-order valence-electron chi connectivity index (χ4n) is 1.63. The number of rotatable bonds is 2. The topological polar surface area (TPSA) is 98.4 Å². The third kappa shape index (κ3) is 1.71. The summed E-state index contributed by atoms with van der Waals surface area (Å²) in [5.74, 6) is 0. The average molecular weight is 208 g/mol. The molecule has 0 amide bonds. The van der Waals surface area contributed by atoms with Crippen molar-refractivity contribution in [3.8, 4) is 0 Å². The van der Waals surface area contributed by atoms with E-state index in [1.807, 2.05) is 4.90 Å². The van der Waals surface area contributed by atoms with E-state index in [0.29, 0.717) is 0 Å². The first-order valence-corrected chi connectivity index (χ1v) is 4.62. The van der Waals surface area contributed by atoms with Gasteiger partial charge in [-0.05, 0) is 12.1 Å². The molecule has 0 radical (unpaired) electrons. The largest absolute Gasteiger partial charge is 0.393 e. The molecule has 1 heterocycles. The summed E-state index contributed by atoms with van der Waals surface area (Å²) in [7, 11) is 0. The first-order chi connectivity index (χ1) is 7.08. The second kappa shape index (κ2) is 3.39. The Kier molecular flexibility index (Phi) is 2.20. The number of benzene rings is 1. The van der Waals surface area contributed by atoms with Gasteiger partial charge in [0, 0.05) is 30.9 Å². The highest BCUT2D eigenvalue weighted by molar-refractivity contribution is 5.67. The lowest BCUT2D eigenvalue weighted by atomic mass is 10.1. The molecule has 4 N–H and O–H groups in total. The Labute approximate surface area is 86.6 Å². The number of hydrogen-bond acceptors (Lipinski definition) is 5. The molecular formula is C9H12N4O2. The predicted octanol–water partition coefficient (Wildman–Crippen LogP) is 0.324. The lowest BCUT2D eigenvalue weighted by molar-refractivity contribution is -0.383. The van der Waals surface area contributed by atoms with Crippen molar-refractivity contribution in [3.05, 3.63) is 28.3 Å². The van der Waals surface area contributed by atoms with Crippen molar-refractivity contribution < 1.29 is 4.92 Å². The standard InChI is InChI=1S/C9H12N4O2/c10-6-4-12(5-6)7-1-2-9(13(14)15)8(11)3-7/h1-3,6H,4-5,10-11H2. The SMILES string of the molecule is Nc1cc(N2CC(N)C2)ccc1[N+](=O)[O-]. The fraction of sp³-hybridized carbons (Fsp3) is 0.333. The molecule has 2 rings (SSSR count). The van der Waals surface area contributed by atoms with E-state index >= 15 is 0 Å². The van der Waals surface area contributed by atoms with Gasteiger partial charge in [0.1, 0.15) is 5.69 Å². The number of nitro benzene ring substituents is 1. The average Bonchev–Trinajstić information content (AvgIpc) is 2.12. The van der Waals surface area contributed by atoms with Crippen LogP contribution in [0.25, 0.3) is 0 Å². The quantitative estimate of drug-likeness (QED) is 0.414. The Bertz CT molecular complexity index is 401. The van der Waals surface area contributed by atoms with Crippen molar-refractivity contribution in [2.45, 2.75) is 6.04 Å². The van der Waals surface area contributed by atoms with Crippen LogP contribution in [0.4, 0.5) is 17.1 Å². The van der Waals surface area contributed by atoms with E-state index in [4.69, 9.17) is 11.5 Å². The molecule has 6 nitrogen and oxygen atoms in total. The molecule has 1 aliphatic heterocycles. The van der Waals surface area contributed by atoms with Crippen molar-refractivity contribution in [1.29, 1.82) is 0 Å². The first-order valence-electron chi connectivity index (χ1n) is 4.62. The van der Waals surface area contributed by atoms with Crippen LogP contribution in [-0.4, -0.2) is 24.1 Å². The van der Waals surface area contributed by atoms with Crippen LogP contribution in [0.5, 0.6) is 0 Å². The van der Waals surface area contributed by atoms with Crippen LogP contribution in [0.1, 0.15) is 0 Å². The van der Waals surface area contributed by atoms with Gasteiger partial charge in [-0.25, -0.2) is 0 Å². The first kappa shape index (κ1) is 9.72. The fourth-order valence-corrected chi connectivity index (χ4v) is 1.63. The highest BCUT2D eigenvalue weighted by atomic mass is 16.6. The molecule has 1 saturated heterocycles. The Hall–Kier alpha value is -1.82. The van der Waals surface area contributed by atoms with Gasteiger partial charge in [-0.15, -0.1) is 0 Å². The molecule has 1 fully saturated rings. The Morgan fingerprint density at radius 3 is 2.60 bits per heavy atom. The monoisotopic (exact) mass is 208 g/mol. The maximum atomic E-state index is 10.5. The smallest absolute Gasteiger partial charge is 0.292 e. The van der Waals surface area contributed by atoms with Gasteiger partial charge in [-0.1, -0.05) is 0 Å². The molecule has 0 aromatic heterocycles. The van der Waals surface area contributed by atoms with E-state index in [-0.39, 0.29) is 17.4 Å². The molecule has 6 heteroatoms. The summed E-state index contributed by atoms with van der Waals surface area (Å²) >= 11 is 0. The van der Waals surface area contributed by atoms with E-state index in [1.54, 1.807) is 12.1 Å². The molecule has 0 aliphatic carbocycles. The van der Waals surface area contributed by atoms with Crippen molar-refractivity contribution in [2.24, 2.45) is 5.73 Å². The van der Waals surface area contributed by atoms with Gasteiger partial charge >= 0.3 is 0 Å². The number of hydrogen-bond donors (Lipinski definition) is 2. The highest BCUT2D eigenvalue weighted by Gasteiger charge is 2.24. The van der Waals surface area contributed by atoms with Gasteiger partial charge in [-0.3, -0.25) is 10.1 Å². The zero-order valence-corrected chi connectivity index (χ0v) is 8.09. The minimum atomic E-state index is -0.485. The van der Waals surface area contributed by atoms with Crippen LogP contribution in [0.2, 0.25) is 0 Å². The van der Waals surface area contributed by atoms with Crippen molar-refractivity contribution in [3.63, 3.8) is 0 Å². The summed E-state index contributed by atoms with van der Waals surface area (Å²) in [6, 6.07) is 4.93. The van der Waals surface area contributed by atoms with E-state index in [9.17, 15) is 10.1 Å². The summed E-state index contributed by atoms with van der Waals surface area (Å²) in [5, 5.41) is 10.5. The third-order valence-electron chi connectivity index (χ3n) is 2.48. The summed E-state index contributed by atoms with van der Waals surface area (Å²) in [6.07, 6.45) is 0. The van der Waals surface area contributed by atoms with Crippen molar-refractivity contribution in [2.75, 3.05) is 23.7 Å². The van der Waals surface area contributed by atoms with Crippen molar-refractivity contribution in [1.82, 2.24) is 0 Å². The summed E-state index contributed by atoms with van der Waals surface area (Å²) < 4.78 is 0. The van der Waals surface area contributed by atoms with E-state index in [1.165, 1.54) is 6.07 Å². The Morgan fingerprint density at radius 2 is 2.13 bits per heavy atom. The molecule has 0 unspecified atom stereocenters. The van der Waals surface area contributed by atoms with E-state index < -0.39 is 4.92 Å². The second-order valence-electron chi connectivity index (χ2n) is 3.67. The summed E-state index contributed by atoms with van der Waals surface area (Å²) in [4.78, 5) is 12.1. The van der Waals surface area contributed by atoms with Crippen LogP contribution >= 0.6 is 0 Å². The molecule has 15 heavy (non-hydrogen) atoms. The van der Waals surface area contributed by atoms with Gasteiger partial charge in [0.25, 0.3) is 5.69 Å². The molecule has 1 aromatic rings. The van der Waals surface area contributed by atoms with Crippen LogP contribution in [-0.2, 0) is 0 Å². The second-order valence-corrected chi connectivity index (χ2v) is 3.67. The number of nitro groups is 1. The van der Waals surface area contributed by atoms with Gasteiger partial charge in [0.2, 0.25) is 0 Å². The van der Waals surface area contributed by atoms with Crippen LogP contribution in [0, 0.1) is 10.1 Å². The zero-order valence-electron chi connectivity index (χ0n) is 8.09. The van der Waals surface area contributed by atoms with E-state index in [2.05, 4.69) is 0 Å². The molecular weight excluding hydrogens is 196 g/mol. The maximum Gasteiger partial charge on any atom is 0.292 e. The molecule has 1 aliphatic rings. The lowest BCUT2D eigenvalue weighted by Crippen LogP contribution is -2.55. The molecule has 0 atom stereocenters. The summed E-state index contributed by atoms with van der Waals surface area (Å²) in [6.45, 7) is 1.55. The third-order valence-corrected chi connectivity index (χ3v) is 2.48. The number of nitrogen functional groups attached to an aromatic ring is 1. The minimum Gasteiger partial charge on any atom is -0.393 e. The maximum absolute atomic E-state index is 10.5.